The Balaban J connectivity index is 1.75. The van der Waals surface area contributed by atoms with Gasteiger partial charge in [-0.2, -0.15) is 0 Å². The molecular formula is C13H23ClO. The Bertz CT molecular complexity index is 213. The molecule has 0 aliphatic heterocycles. The normalized spacial score (nSPS) is 41.8. The SMILES string of the molecule is CCC1(C)C(Cl)CC1OCC1CCCC1. The van der Waals surface area contributed by atoms with Crippen LogP contribution in [-0.4, -0.2) is 18.1 Å². The highest BCUT2D eigenvalue weighted by Crippen LogP contribution is 2.49. The smallest absolute Gasteiger partial charge is 0.0657 e. The summed E-state index contributed by atoms with van der Waals surface area (Å²) in [6.07, 6.45) is 8.17. The van der Waals surface area contributed by atoms with Gasteiger partial charge in [0.05, 0.1) is 6.10 Å². The van der Waals surface area contributed by atoms with E-state index in [0.717, 1.165) is 25.4 Å². The zero-order valence-electron chi connectivity index (χ0n) is 9.97. The van der Waals surface area contributed by atoms with E-state index >= 15 is 0 Å². The maximum atomic E-state index is 6.27. The van der Waals surface area contributed by atoms with Crippen LogP contribution in [-0.2, 0) is 4.74 Å². The highest BCUT2D eigenvalue weighted by atomic mass is 35.5. The van der Waals surface area contributed by atoms with Crippen LogP contribution >= 0.6 is 11.6 Å². The standard InChI is InChI=1S/C13H23ClO/c1-3-13(2)11(14)8-12(13)15-9-10-6-4-5-7-10/h10-12H,3-9H2,1-2H3. The Morgan fingerprint density at radius 3 is 2.53 bits per heavy atom. The molecule has 88 valence electrons. The van der Waals surface area contributed by atoms with Crippen LogP contribution < -0.4 is 0 Å². The Morgan fingerprint density at radius 2 is 2.00 bits per heavy atom. The molecule has 2 aliphatic carbocycles. The molecule has 0 amide bonds. The van der Waals surface area contributed by atoms with Gasteiger partial charge >= 0.3 is 0 Å². The topological polar surface area (TPSA) is 9.23 Å². The molecule has 2 heteroatoms. The lowest BCUT2D eigenvalue weighted by Crippen LogP contribution is -2.53. The third-order valence-corrected chi connectivity index (χ3v) is 5.32. The second-order valence-corrected chi connectivity index (χ2v) is 6.06. The molecule has 0 bridgehead atoms. The van der Waals surface area contributed by atoms with Crippen molar-refractivity contribution in [2.24, 2.45) is 11.3 Å². The van der Waals surface area contributed by atoms with Crippen LogP contribution in [0.5, 0.6) is 0 Å². The predicted octanol–water partition coefficient (Wildman–Crippen LogP) is 3.99. The monoisotopic (exact) mass is 230 g/mol. The van der Waals surface area contributed by atoms with Crippen molar-refractivity contribution in [2.75, 3.05) is 6.61 Å². The van der Waals surface area contributed by atoms with Crippen molar-refractivity contribution >= 4 is 11.6 Å². The molecule has 3 unspecified atom stereocenters. The molecule has 0 spiro atoms. The first-order valence-corrected chi connectivity index (χ1v) is 6.86. The molecule has 0 aromatic carbocycles. The van der Waals surface area contributed by atoms with E-state index in [9.17, 15) is 0 Å². The van der Waals surface area contributed by atoms with Crippen molar-refractivity contribution in [1.29, 1.82) is 0 Å². The first-order chi connectivity index (χ1) is 7.16. The van der Waals surface area contributed by atoms with E-state index in [-0.39, 0.29) is 5.41 Å². The number of ether oxygens (including phenoxy) is 1. The fourth-order valence-corrected chi connectivity index (χ4v) is 3.36. The van der Waals surface area contributed by atoms with E-state index < -0.39 is 0 Å². The maximum absolute atomic E-state index is 6.27. The van der Waals surface area contributed by atoms with Crippen LogP contribution in [0.2, 0.25) is 0 Å². The molecule has 2 aliphatic rings. The summed E-state index contributed by atoms with van der Waals surface area (Å²) in [5, 5.41) is 0.330. The molecule has 0 aromatic rings. The molecule has 0 heterocycles. The van der Waals surface area contributed by atoms with Crippen LogP contribution in [0.15, 0.2) is 0 Å². The van der Waals surface area contributed by atoms with Gasteiger partial charge in [0, 0.05) is 17.4 Å². The van der Waals surface area contributed by atoms with E-state index in [1.165, 1.54) is 25.7 Å². The molecule has 15 heavy (non-hydrogen) atoms. The predicted molar refractivity (Wildman–Crippen MR) is 64.4 cm³/mol. The van der Waals surface area contributed by atoms with Crippen LogP contribution in [0.4, 0.5) is 0 Å². The van der Waals surface area contributed by atoms with Gasteiger partial charge in [0.1, 0.15) is 0 Å². The van der Waals surface area contributed by atoms with Crippen LogP contribution in [0, 0.1) is 11.3 Å². The lowest BCUT2D eigenvalue weighted by atomic mass is 9.65. The summed E-state index contributed by atoms with van der Waals surface area (Å²) >= 11 is 6.27. The molecule has 0 saturated heterocycles. The van der Waals surface area contributed by atoms with E-state index in [2.05, 4.69) is 13.8 Å². The number of hydrogen-bond donors (Lipinski definition) is 0. The minimum absolute atomic E-state index is 0.236. The number of rotatable bonds is 4. The van der Waals surface area contributed by atoms with E-state index in [1.54, 1.807) is 0 Å². The Morgan fingerprint density at radius 1 is 1.33 bits per heavy atom. The van der Waals surface area contributed by atoms with Gasteiger partial charge in [-0.3, -0.25) is 0 Å². The van der Waals surface area contributed by atoms with Gasteiger partial charge in [0.15, 0.2) is 0 Å². The summed E-state index contributed by atoms with van der Waals surface area (Å²) in [5.74, 6) is 0.834. The fraction of sp³-hybridized carbons (Fsp3) is 1.00. The molecular weight excluding hydrogens is 208 g/mol. The molecule has 0 N–H and O–H groups in total. The third kappa shape index (κ3) is 2.19. The lowest BCUT2D eigenvalue weighted by molar-refractivity contribution is -0.109. The van der Waals surface area contributed by atoms with Crippen molar-refractivity contribution in [3.63, 3.8) is 0 Å². The van der Waals surface area contributed by atoms with Gasteiger partial charge in [-0.05, 0) is 31.6 Å². The number of halogens is 1. The van der Waals surface area contributed by atoms with Gasteiger partial charge < -0.3 is 4.74 Å². The summed E-state index contributed by atoms with van der Waals surface area (Å²) < 4.78 is 6.05. The first kappa shape index (κ1) is 11.7. The zero-order chi connectivity index (χ0) is 10.9. The average Bonchev–Trinajstić information content (AvgIpc) is 2.75. The van der Waals surface area contributed by atoms with Crippen molar-refractivity contribution in [3.05, 3.63) is 0 Å². The van der Waals surface area contributed by atoms with E-state index in [1.807, 2.05) is 0 Å². The quantitative estimate of drug-likeness (QED) is 0.664. The Hall–Kier alpha value is 0.250. The molecule has 2 rings (SSSR count). The number of alkyl halides is 1. The van der Waals surface area contributed by atoms with Gasteiger partial charge in [-0.1, -0.05) is 26.7 Å². The zero-order valence-corrected chi connectivity index (χ0v) is 10.7. The molecule has 2 saturated carbocycles. The van der Waals surface area contributed by atoms with E-state index in [0.29, 0.717) is 11.5 Å². The first-order valence-electron chi connectivity index (χ1n) is 6.42. The van der Waals surface area contributed by atoms with E-state index in [4.69, 9.17) is 16.3 Å². The summed E-state index contributed by atoms with van der Waals surface area (Å²) in [5.41, 5.74) is 0.236. The highest BCUT2D eigenvalue weighted by molar-refractivity contribution is 6.21. The van der Waals surface area contributed by atoms with Crippen molar-refractivity contribution < 1.29 is 4.74 Å². The van der Waals surface area contributed by atoms with Crippen molar-refractivity contribution in [3.8, 4) is 0 Å². The average molecular weight is 231 g/mol. The van der Waals surface area contributed by atoms with Gasteiger partial charge in [0.25, 0.3) is 0 Å². The third-order valence-electron chi connectivity index (χ3n) is 4.64. The van der Waals surface area contributed by atoms with Crippen molar-refractivity contribution in [1.82, 2.24) is 0 Å². The second kappa shape index (κ2) is 4.63. The Labute approximate surface area is 98.5 Å². The molecule has 0 aromatic heterocycles. The molecule has 1 nitrogen and oxygen atoms in total. The summed E-state index contributed by atoms with van der Waals surface area (Å²) in [6.45, 7) is 5.47. The molecule has 3 atom stereocenters. The van der Waals surface area contributed by atoms with Crippen LogP contribution in [0.1, 0.15) is 52.4 Å². The lowest BCUT2D eigenvalue weighted by Gasteiger charge is -2.50. The van der Waals surface area contributed by atoms with Gasteiger partial charge in [-0.15, -0.1) is 11.6 Å². The molecule has 2 fully saturated rings. The fourth-order valence-electron chi connectivity index (χ4n) is 2.90. The summed E-state index contributed by atoms with van der Waals surface area (Å²) in [7, 11) is 0. The summed E-state index contributed by atoms with van der Waals surface area (Å²) in [4.78, 5) is 0. The molecule has 0 radical (unpaired) electrons. The largest absolute Gasteiger partial charge is 0.377 e. The van der Waals surface area contributed by atoms with Crippen LogP contribution in [0.3, 0.4) is 0 Å². The summed E-state index contributed by atoms with van der Waals surface area (Å²) in [6, 6.07) is 0. The minimum atomic E-state index is 0.236. The second-order valence-electron chi connectivity index (χ2n) is 5.54. The number of hydrogen-bond acceptors (Lipinski definition) is 1. The highest BCUT2D eigenvalue weighted by Gasteiger charge is 2.50. The van der Waals surface area contributed by atoms with Gasteiger partial charge in [0.2, 0.25) is 0 Å². The Kier molecular flexibility index (Phi) is 3.62. The van der Waals surface area contributed by atoms with Crippen LogP contribution in [0.25, 0.3) is 0 Å². The maximum Gasteiger partial charge on any atom is 0.0657 e. The van der Waals surface area contributed by atoms with Gasteiger partial charge in [-0.25, -0.2) is 0 Å². The van der Waals surface area contributed by atoms with Crippen molar-refractivity contribution in [2.45, 2.75) is 63.9 Å². The minimum Gasteiger partial charge on any atom is -0.377 e.